The van der Waals surface area contributed by atoms with Crippen LogP contribution in [0.15, 0.2) is 12.5 Å². The maximum atomic E-state index is 4.34. The molecule has 1 N–H and O–H groups in total. The summed E-state index contributed by atoms with van der Waals surface area (Å²) in [6.45, 7) is 2.12. The topological polar surface area (TPSA) is 58.9 Å². The Morgan fingerprint density at radius 2 is 2.21 bits per heavy atom. The number of anilines is 1. The summed E-state index contributed by atoms with van der Waals surface area (Å²) in [5.74, 6) is 0.886. The number of likely N-dealkylation sites (N-methyl/N-ethyl adjacent to an activating group) is 1. The molecule has 1 saturated heterocycles. The SMILES string of the molecule is CN1CCCCC1CNc1ncnc2c1cnn2C. The van der Waals surface area contributed by atoms with Crippen LogP contribution in [0.25, 0.3) is 11.0 Å². The molecule has 0 saturated carbocycles. The van der Waals surface area contributed by atoms with E-state index in [1.165, 1.54) is 25.8 Å². The Morgan fingerprint density at radius 1 is 1.32 bits per heavy atom. The van der Waals surface area contributed by atoms with Gasteiger partial charge in [0.1, 0.15) is 12.1 Å². The van der Waals surface area contributed by atoms with Crippen LogP contribution in [0.3, 0.4) is 0 Å². The lowest BCUT2D eigenvalue weighted by Crippen LogP contribution is -2.40. The first-order valence-corrected chi connectivity index (χ1v) is 6.82. The molecule has 2 aromatic heterocycles. The molecule has 0 aliphatic carbocycles. The van der Waals surface area contributed by atoms with Gasteiger partial charge in [0.25, 0.3) is 0 Å². The highest BCUT2D eigenvalue weighted by molar-refractivity contribution is 5.85. The second-order valence-electron chi connectivity index (χ2n) is 5.24. The maximum Gasteiger partial charge on any atom is 0.163 e. The molecule has 3 rings (SSSR count). The lowest BCUT2D eigenvalue weighted by atomic mass is 10.0. The normalized spacial score (nSPS) is 20.8. The van der Waals surface area contributed by atoms with E-state index in [0.29, 0.717) is 6.04 Å². The monoisotopic (exact) mass is 260 g/mol. The largest absolute Gasteiger partial charge is 0.368 e. The molecule has 3 heterocycles. The molecule has 0 aromatic carbocycles. The summed E-state index contributed by atoms with van der Waals surface area (Å²) in [4.78, 5) is 11.0. The number of hydrogen-bond donors (Lipinski definition) is 1. The zero-order valence-corrected chi connectivity index (χ0v) is 11.5. The molecule has 1 aliphatic heterocycles. The first kappa shape index (κ1) is 12.3. The highest BCUT2D eigenvalue weighted by Crippen LogP contribution is 2.19. The third-order valence-corrected chi connectivity index (χ3v) is 3.96. The molecule has 6 heteroatoms. The summed E-state index contributed by atoms with van der Waals surface area (Å²) in [7, 11) is 4.10. The van der Waals surface area contributed by atoms with Crippen molar-refractivity contribution in [2.45, 2.75) is 25.3 Å². The van der Waals surface area contributed by atoms with Crippen LogP contribution >= 0.6 is 0 Å². The number of hydrogen-bond acceptors (Lipinski definition) is 5. The van der Waals surface area contributed by atoms with Crippen molar-refractivity contribution < 1.29 is 0 Å². The minimum Gasteiger partial charge on any atom is -0.368 e. The van der Waals surface area contributed by atoms with Gasteiger partial charge in [-0.1, -0.05) is 6.42 Å². The minimum absolute atomic E-state index is 0.593. The highest BCUT2D eigenvalue weighted by Gasteiger charge is 2.19. The van der Waals surface area contributed by atoms with Crippen molar-refractivity contribution in [3.63, 3.8) is 0 Å². The van der Waals surface area contributed by atoms with Gasteiger partial charge < -0.3 is 10.2 Å². The lowest BCUT2D eigenvalue weighted by molar-refractivity contribution is 0.194. The van der Waals surface area contributed by atoms with E-state index in [9.17, 15) is 0 Å². The van der Waals surface area contributed by atoms with Crippen molar-refractivity contribution in [1.29, 1.82) is 0 Å². The highest BCUT2D eigenvalue weighted by atomic mass is 15.3. The molecule has 1 aliphatic rings. The Bertz CT molecular complexity index is 563. The quantitative estimate of drug-likeness (QED) is 0.900. The fourth-order valence-corrected chi connectivity index (χ4v) is 2.72. The summed E-state index contributed by atoms with van der Waals surface area (Å²) >= 11 is 0. The molecule has 1 fully saturated rings. The summed E-state index contributed by atoms with van der Waals surface area (Å²) in [5, 5.41) is 8.67. The van der Waals surface area contributed by atoms with Crippen molar-refractivity contribution >= 4 is 16.9 Å². The van der Waals surface area contributed by atoms with E-state index >= 15 is 0 Å². The Kier molecular flexibility index (Phi) is 3.33. The van der Waals surface area contributed by atoms with Crippen molar-refractivity contribution in [3.05, 3.63) is 12.5 Å². The number of nitrogens with zero attached hydrogens (tertiary/aromatic N) is 5. The van der Waals surface area contributed by atoms with E-state index in [1.807, 2.05) is 13.2 Å². The number of piperidine rings is 1. The van der Waals surface area contributed by atoms with E-state index < -0.39 is 0 Å². The predicted octanol–water partition coefficient (Wildman–Crippen LogP) is 1.26. The third-order valence-electron chi connectivity index (χ3n) is 3.96. The summed E-state index contributed by atoms with van der Waals surface area (Å²) < 4.78 is 1.77. The Morgan fingerprint density at radius 3 is 3.05 bits per heavy atom. The van der Waals surface area contributed by atoms with Crippen molar-refractivity contribution in [1.82, 2.24) is 24.6 Å². The Labute approximate surface area is 112 Å². The summed E-state index contributed by atoms with van der Waals surface area (Å²) in [6, 6.07) is 0.593. The number of fused-ring (bicyclic) bond motifs is 1. The summed E-state index contributed by atoms with van der Waals surface area (Å²) in [5.41, 5.74) is 0.870. The molecule has 0 spiro atoms. The second kappa shape index (κ2) is 5.13. The molecule has 0 bridgehead atoms. The lowest BCUT2D eigenvalue weighted by Gasteiger charge is -2.32. The number of likely N-dealkylation sites (tertiary alicyclic amines) is 1. The second-order valence-corrected chi connectivity index (χ2v) is 5.24. The molecular weight excluding hydrogens is 240 g/mol. The zero-order valence-electron chi connectivity index (χ0n) is 11.5. The van der Waals surface area contributed by atoms with E-state index in [-0.39, 0.29) is 0 Å². The molecule has 1 unspecified atom stereocenters. The van der Waals surface area contributed by atoms with Crippen LogP contribution in [-0.4, -0.2) is 50.8 Å². The number of nitrogens with one attached hydrogen (secondary N) is 1. The fourth-order valence-electron chi connectivity index (χ4n) is 2.72. The van der Waals surface area contributed by atoms with Crippen LogP contribution in [0.5, 0.6) is 0 Å². The average Bonchev–Trinajstić information content (AvgIpc) is 2.81. The first-order chi connectivity index (χ1) is 9.25. The fraction of sp³-hybridized carbons (Fsp3) is 0.615. The van der Waals surface area contributed by atoms with Crippen LogP contribution in [0.2, 0.25) is 0 Å². The molecule has 1 atom stereocenters. The van der Waals surface area contributed by atoms with Crippen LogP contribution in [0.4, 0.5) is 5.82 Å². The molecule has 2 aromatic rings. The number of aromatic nitrogens is 4. The molecule has 102 valence electrons. The van der Waals surface area contributed by atoms with Crippen molar-refractivity contribution in [3.8, 4) is 0 Å². The summed E-state index contributed by atoms with van der Waals surface area (Å²) in [6.07, 6.45) is 7.31. The van der Waals surface area contributed by atoms with E-state index in [1.54, 1.807) is 11.0 Å². The van der Waals surface area contributed by atoms with Crippen LogP contribution in [0, 0.1) is 0 Å². The minimum atomic E-state index is 0.593. The van der Waals surface area contributed by atoms with Crippen molar-refractivity contribution in [2.24, 2.45) is 7.05 Å². The van der Waals surface area contributed by atoms with Crippen molar-refractivity contribution in [2.75, 3.05) is 25.5 Å². The smallest absolute Gasteiger partial charge is 0.163 e. The molecule has 19 heavy (non-hydrogen) atoms. The molecule has 0 amide bonds. The standard InChI is InChI=1S/C13H20N6/c1-18-6-4-3-5-10(18)7-14-12-11-8-17-19(2)13(11)16-9-15-12/h8-10H,3-7H2,1-2H3,(H,14,15,16). The van der Waals surface area contributed by atoms with Gasteiger partial charge in [0.2, 0.25) is 0 Å². The van der Waals surface area contributed by atoms with Gasteiger partial charge in [-0.3, -0.25) is 4.68 Å². The van der Waals surface area contributed by atoms with E-state index in [4.69, 9.17) is 0 Å². The van der Waals surface area contributed by atoms with Gasteiger partial charge in [-0.2, -0.15) is 5.10 Å². The molecular formula is C13H20N6. The predicted molar refractivity (Wildman–Crippen MR) is 75.1 cm³/mol. The van der Waals surface area contributed by atoms with Gasteiger partial charge >= 0.3 is 0 Å². The van der Waals surface area contributed by atoms with E-state index in [2.05, 4.69) is 32.3 Å². The van der Waals surface area contributed by atoms with Crippen LogP contribution < -0.4 is 5.32 Å². The number of rotatable bonds is 3. The van der Waals surface area contributed by atoms with Crippen LogP contribution in [0.1, 0.15) is 19.3 Å². The maximum absolute atomic E-state index is 4.34. The Balaban J connectivity index is 1.74. The molecule has 6 nitrogen and oxygen atoms in total. The molecule has 0 radical (unpaired) electrons. The number of aryl methyl sites for hydroxylation is 1. The van der Waals surface area contributed by atoms with Gasteiger partial charge in [-0.25, -0.2) is 9.97 Å². The van der Waals surface area contributed by atoms with Gasteiger partial charge in [0.15, 0.2) is 5.65 Å². The van der Waals surface area contributed by atoms with E-state index in [0.717, 1.165) is 23.4 Å². The average molecular weight is 260 g/mol. The third kappa shape index (κ3) is 2.40. The van der Waals surface area contributed by atoms with Gasteiger partial charge in [0, 0.05) is 19.6 Å². The zero-order chi connectivity index (χ0) is 13.2. The van der Waals surface area contributed by atoms with Gasteiger partial charge in [-0.05, 0) is 26.4 Å². The Hall–Kier alpha value is -1.69. The van der Waals surface area contributed by atoms with Gasteiger partial charge in [-0.15, -0.1) is 0 Å². The van der Waals surface area contributed by atoms with Gasteiger partial charge in [0.05, 0.1) is 11.6 Å². The van der Waals surface area contributed by atoms with Crippen LogP contribution in [-0.2, 0) is 7.05 Å². The first-order valence-electron chi connectivity index (χ1n) is 6.82.